The number of hydrogen-bond donors (Lipinski definition) is 0. The monoisotopic (exact) mass is 530 g/mol. The smallest absolute Gasteiger partial charge is 0.332 e. The van der Waals surface area contributed by atoms with Crippen molar-refractivity contribution in [3.8, 4) is 0 Å². The number of aromatic nitrogens is 4. The van der Waals surface area contributed by atoms with Crippen LogP contribution in [0.15, 0.2) is 40.2 Å². The summed E-state index contributed by atoms with van der Waals surface area (Å²) < 4.78 is 4.38. The summed E-state index contributed by atoms with van der Waals surface area (Å²) in [7, 11) is 3.13. The van der Waals surface area contributed by atoms with Gasteiger partial charge in [0.25, 0.3) is 5.56 Å². The van der Waals surface area contributed by atoms with E-state index < -0.39 is 0 Å². The molecule has 0 unspecified atom stereocenters. The summed E-state index contributed by atoms with van der Waals surface area (Å²) in [6.07, 6.45) is 1.64. The Bertz CT molecular complexity index is 1130. The molecule has 8 nitrogen and oxygen atoms in total. The van der Waals surface area contributed by atoms with Crippen LogP contribution in [0.3, 0.4) is 0 Å². The highest BCUT2D eigenvalue weighted by Gasteiger charge is 2.19. The van der Waals surface area contributed by atoms with Gasteiger partial charge in [-0.3, -0.25) is 18.8 Å². The zero-order chi connectivity index (χ0) is 19.8. The minimum Gasteiger partial charge on any atom is -0.368 e. The second-order valence-electron chi connectivity index (χ2n) is 7.10. The Balaban J connectivity index is 0.00000240. The molecule has 0 amide bonds. The van der Waals surface area contributed by atoms with Gasteiger partial charge in [-0.15, -0.1) is 24.0 Å². The van der Waals surface area contributed by atoms with Crippen molar-refractivity contribution in [1.29, 1.82) is 0 Å². The van der Waals surface area contributed by atoms with Gasteiger partial charge in [0.1, 0.15) is 0 Å². The van der Waals surface area contributed by atoms with Crippen LogP contribution in [0.2, 0.25) is 5.02 Å². The van der Waals surface area contributed by atoms with E-state index in [1.165, 1.54) is 11.6 Å². The fourth-order valence-corrected chi connectivity index (χ4v) is 3.99. The molecule has 0 atom stereocenters. The van der Waals surface area contributed by atoms with E-state index in [9.17, 15) is 9.59 Å². The third-order valence-electron chi connectivity index (χ3n) is 5.44. The lowest BCUT2D eigenvalue weighted by Gasteiger charge is -2.36. The van der Waals surface area contributed by atoms with Gasteiger partial charge in [-0.05, 0) is 12.1 Å². The molecule has 156 valence electrons. The lowest BCUT2D eigenvalue weighted by Crippen LogP contribution is -2.47. The molecule has 10 heteroatoms. The van der Waals surface area contributed by atoms with Crippen molar-refractivity contribution >= 4 is 52.4 Å². The molecule has 1 fully saturated rings. The Morgan fingerprint density at radius 2 is 1.69 bits per heavy atom. The van der Waals surface area contributed by atoms with Crippen molar-refractivity contribution in [2.24, 2.45) is 14.1 Å². The van der Waals surface area contributed by atoms with Crippen molar-refractivity contribution < 1.29 is 0 Å². The van der Waals surface area contributed by atoms with Crippen LogP contribution in [0.5, 0.6) is 0 Å². The maximum absolute atomic E-state index is 12.5. The molecule has 1 aliphatic heterocycles. The first-order valence-corrected chi connectivity index (χ1v) is 9.68. The molecule has 0 spiro atoms. The van der Waals surface area contributed by atoms with Gasteiger partial charge < -0.3 is 9.47 Å². The SMILES string of the molecule is Cn1c(=O)c2c(ncn2CCN2CCN(c3ccccc3Cl)CC2)n(C)c1=O.I. The molecule has 0 saturated carbocycles. The quantitative estimate of drug-likeness (QED) is 0.479. The summed E-state index contributed by atoms with van der Waals surface area (Å²) in [5.41, 5.74) is 1.31. The highest BCUT2D eigenvalue weighted by Crippen LogP contribution is 2.26. The largest absolute Gasteiger partial charge is 0.368 e. The van der Waals surface area contributed by atoms with Gasteiger partial charge in [-0.25, -0.2) is 9.78 Å². The fourth-order valence-electron chi connectivity index (χ4n) is 3.74. The maximum Gasteiger partial charge on any atom is 0.332 e. The molecule has 3 aromatic rings. The Morgan fingerprint density at radius 3 is 2.38 bits per heavy atom. The van der Waals surface area contributed by atoms with Crippen molar-refractivity contribution in [1.82, 2.24) is 23.6 Å². The lowest BCUT2D eigenvalue weighted by atomic mass is 10.2. The number of imidazole rings is 1. The first-order chi connectivity index (χ1) is 13.5. The molecule has 3 heterocycles. The number of halogens is 2. The van der Waals surface area contributed by atoms with E-state index in [1.54, 1.807) is 13.4 Å². The predicted octanol–water partition coefficient (Wildman–Crippen LogP) is 1.53. The van der Waals surface area contributed by atoms with Crippen LogP contribution in [0.25, 0.3) is 11.2 Å². The van der Waals surface area contributed by atoms with Crippen molar-refractivity contribution in [2.45, 2.75) is 6.54 Å². The Labute approximate surface area is 190 Å². The Hall–Kier alpha value is -1.85. The minimum atomic E-state index is -0.363. The van der Waals surface area contributed by atoms with Crippen molar-refractivity contribution in [3.63, 3.8) is 0 Å². The third kappa shape index (κ3) is 4.08. The van der Waals surface area contributed by atoms with Gasteiger partial charge in [0.15, 0.2) is 11.2 Å². The Morgan fingerprint density at radius 1 is 1.00 bits per heavy atom. The number of aryl methyl sites for hydroxylation is 1. The van der Waals surface area contributed by atoms with E-state index in [-0.39, 0.29) is 35.2 Å². The molecule has 1 saturated heterocycles. The predicted molar refractivity (Wildman–Crippen MR) is 126 cm³/mol. The van der Waals surface area contributed by atoms with E-state index >= 15 is 0 Å². The van der Waals surface area contributed by atoms with Crippen molar-refractivity contribution in [2.75, 3.05) is 37.6 Å². The Kier molecular flexibility index (Phi) is 6.69. The summed E-state index contributed by atoms with van der Waals surface area (Å²) in [6.45, 7) is 5.13. The molecule has 0 radical (unpaired) electrons. The van der Waals surface area contributed by atoms with Crippen LogP contribution < -0.4 is 16.1 Å². The van der Waals surface area contributed by atoms with Gasteiger partial charge in [-0.1, -0.05) is 23.7 Å². The maximum atomic E-state index is 12.5. The standard InChI is InChI=1S/C19H23ClN6O2.HI/c1-22-17-16(18(27)23(2)19(22)28)26(13-21-17)12-9-24-7-10-25(11-8-24)15-6-4-3-5-14(15)20;/h3-6,13H,7-12H2,1-2H3;1H. The molecular formula is C19H24ClIN6O2. The van der Waals surface area contributed by atoms with E-state index in [1.807, 2.05) is 22.8 Å². The van der Waals surface area contributed by atoms with Crippen LogP contribution in [0.4, 0.5) is 5.69 Å². The minimum absolute atomic E-state index is 0. The van der Waals surface area contributed by atoms with Crippen LogP contribution in [-0.4, -0.2) is 56.3 Å². The van der Waals surface area contributed by atoms with Crippen LogP contribution in [-0.2, 0) is 20.6 Å². The van der Waals surface area contributed by atoms with Gasteiger partial charge in [0.05, 0.1) is 17.0 Å². The molecule has 2 aromatic heterocycles. The van der Waals surface area contributed by atoms with Gasteiger partial charge >= 0.3 is 5.69 Å². The molecular weight excluding hydrogens is 507 g/mol. The average Bonchev–Trinajstić information content (AvgIpc) is 3.14. The summed E-state index contributed by atoms with van der Waals surface area (Å²) in [5.74, 6) is 0. The lowest BCUT2D eigenvalue weighted by molar-refractivity contribution is 0.249. The van der Waals surface area contributed by atoms with Gasteiger partial charge in [-0.2, -0.15) is 0 Å². The number of nitrogens with zero attached hydrogens (tertiary/aromatic N) is 6. The van der Waals surface area contributed by atoms with E-state index in [0.717, 1.165) is 48.0 Å². The summed E-state index contributed by atoms with van der Waals surface area (Å²) in [5, 5.41) is 0.780. The summed E-state index contributed by atoms with van der Waals surface area (Å²) in [6, 6.07) is 7.92. The number of para-hydroxylation sites is 1. The third-order valence-corrected chi connectivity index (χ3v) is 5.76. The number of piperazine rings is 1. The first kappa shape index (κ1) is 21.8. The van der Waals surface area contributed by atoms with E-state index in [0.29, 0.717) is 17.7 Å². The number of hydrogen-bond acceptors (Lipinski definition) is 5. The molecule has 0 bridgehead atoms. The zero-order valence-electron chi connectivity index (χ0n) is 16.4. The zero-order valence-corrected chi connectivity index (χ0v) is 19.5. The van der Waals surface area contributed by atoms with Crippen LogP contribution >= 0.6 is 35.6 Å². The fraction of sp³-hybridized carbons (Fsp3) is 0.421. The number of rotatable bonds is 4. The van der Waals surface area contributed by atoms with Gasteiger partial charge in [0.2, 0.25) is 0 Å². The molecule has 1 aromatic carbocycles. The number of benzene rings is 1. The molecule has 29 heavy (non-hydrogen) atoms. The highest BCUT2D eigenvalue weighted by molar-refractivity contribution is 14.0. The molecule has 4 rings (SSSR count). The van der Waals surface area contributed by atoms with E-state index in [2.05, 4.69) is 20.9 Å². The summed E-state index contributed by atoms with van der Waals surface area (Å²) in [4.78, 5) is 33.5. The molecule has 1 aliphatic rings. The average molecular weight is 531 g/mol. The number of anilines is 1. The van der Waals surface area contributed by atoms with E-state index in [4.69, 9.17) is 11.6 Å². The topological polar surface area (TPSA) is 68.3 Å². The second kappa shape index (κ2) is 8.88. The van der Waals surface area contributed by atoms with Crippen molar-refractivity contribution in [3.05, 3.63) is 56.5 Å². The first-order valence-electron chi connectivity index (χ1n) is 9.30. The van der Waals surface area contributed by atoms with Crippen LogP contribution in [0.1, 0.15) is 0 Å². The van der Waals surface area contributed by atoms with Crippen LogP contribution in [0, 0.1) is 0 Å². The van der Waals surface area contributed by atoms with Gasteiger partial charge in [0, 0.05) is 53.4 Å². The molecule has 0 N–H and O–H groups in total. The molecule has 0 aliphatic carbocycles. The normalized spacial score (nSPS) is 14.9. The number of fused-ring (bicyclic) bond motifs is 1. The second-order valence-corrected chi connectivity index (χ2v) is 7.50. The summed E-state index contributed by atoms with van der Waals surface area (Å²) >= 11 is 6.31. The highest BCUT2D eigenvalue weighted by atomic mass is 127.